The smallest absolute Gasteiger partial charge is 0.263 e. The fraction of sp³-hybridized carbons (Fsp3) is 0.667. The molecule has 1 amide bonds. The number of aromatic nitrogens is 2. The zero-order chi connectivity index (χ0) is 19.7. The molecule has 5 nitrogen and oxygen atoms in total. The lowest BCUT2D eigenvalue weighted by molar-refractivity contribution is -0.119. The summed E-state index contributed by atoms with van der Waals surface area (Å²) >= 11 is 3.07. The molecule has 0 aliphatic heterocycles. The molecule has 1 N–H and O–H groups in total. The number of hydrogen-bond acceptors (Lipinski definition) is 5. The summed E-state index contributed by atoms with van der Waals surface area (Å²) in [4.78, 5) is 32.7. The van der Waals surface area contributed by atoms with Crippen molar-refractivity contribution >= 4 is 39.2 Å². The predicted molar refractivity (Wildman–Crippen MR) is 116 cm³/mol. The van der Waals surface area contributed by atoms with Crippen molar-refractivity contribution in [3.63, 3.8) is 0 Å². The Kier molecular flexibility index (Phi) is 6.11. The Morgan fingerprint density at radius 2 is 2.11 bits per heavy atom. The Morgan fingerprint density at radius 1 is 1.29 bits per heavy atom. The average Bonchev–Trinajstić information content (AvgIpc) is 3.25. The highest BCUT2D eigenvalue weighted by Gasteiger charge is 2.25. The van der Waals surface area contributed by atoms with Crippen molar-refractivity contribution in [3.8, 4) is 0 Å². The first kappa shape index (κ1) is 20.0. The molecule has 2 aliphatic carbocycles. The van der Waals surface area contributed by atoms with E-state index < -0.39 is 0 Å². The summed E-state index contributed by atoms with van der Waals surface area (Å²) in [5.74, 6) is 0.912. The molecule has 0 saturated heterocycles. The van der Waals surface area contributed by atoms with Crippen molar-refractivity contribution in [1.29, 1.82) is 0 Å². The van der Waals surface area contributed by atoms with Crippen LogP contribution in [0.4, 0.5) is 0 Å². The molecule has 2 aromatic rings. The van der Waals surface area contributed by atoms with Gasteiger partial charge < -0.3 is 5.32 Å². The number of nitrogens with one attached hydrogen (secondary N) is 1. The van der Waals surface area contributed by atoms with Crippen molar-refractivity contribution in [2.45, 2.75) is 83.0 Å². The molecule has 0 spiro atoms. The van der Waals surface area contributed by atoms with Gasteiger partial charge in [0, 0.05) is 17.5 Å². The summed E-state index contributed by atoms with van der Waals surface area (Å²) in [6, 6.07) is 0.287. The van der Waals surface area contributed by atoms with E-state index in [0.717, 1.165) is 42.3 Å². The molecule has 1 saturated carbocycles. The van der Waals surface area contributed by atoms with Crippen molar-refractivity contribution in [2.75, 3.05) is 5.75 Å². The largest absolute Gasteiger partial charge is 0.352 e. The number of aryl methyl sites for hydroxylation is 2. The maximum absolute atomic E-state index is 13.2. The molecule has 2 aliphatic rings. The molecular weight excluding hydrogens is 390 g/mol. The Hall–Kier alpha value is -1.34. The minimum atomic E-state index is 0.0508. The van der Waals surface area contributed by atoms with Gasteiger partial charge in [-0.25, -0.2) is 4.98 Å². The zero-order valence-electron chi connectivity index (χ0n) is 16.8. The third kappa shape index (κ3) is 3.88. The first-order valence-corrected chi connectivity index (χ1v) is 12.4. The molecule has 0 bridgehead atoms. The van der Waals surface area contributed by atoms with Crippen LogP contribution in [0.15, 0.2) is 9.95 Å². The molecule has 2 aromatic heterocycles. The van der Waals surface area contributed by atoms with Crippen LogP contribution in [0.25, 0.3) is 10.2 Å². The molecule has 1 fully saturated rings. The van der Waals surface area contributed by atoms with E-state index in [2.05, 4.69) is 19.2 Å². The molecule has 4 rings (SSSR count). The highest BCUT2D eigenvalue weighted by Crippen LogP contribution is 2.35. The average molecular weight is 420 g/mol. The van der Waals surface area contributed by atoms with Crippen molar-refractivity contribution in [1.82, 2.24) is 14.9 Å². The number of hydrogen-bond donors (Lipinski definition) is 1. The van der Waals surface area contributed by atoms with Crippen molar-refractivity contribution in [3.05, 3.63) is 20.8 Å². The fourth-order valence-corrected chi connectivity index (χ4v) is 6.64. The first-order chi connectivity index (χ1) is 13.6. The highest BCUT2D eigenvalue weighted by atomic mass is 32.2. The summed E-state index contributed by atoms with van der Waals surface area (Å²) in [5.41, 5.74) is 1.30. The number of amides is 1. The molecule has 0 radical (unpaired) electrons. The SMILES string of the molecule is CCCn1c(SCC(=O)N[C@H]2CCCC[C@@H]2C)nc2sc3c(c2c1=O)CCC3. The van der Waals surface area contributed by atoms with E-state index >= 15 is 0 Å². The number of rotatable bonds is 6. The van der Waals surface area contributed by atoms with Crippen LogP contribution < -0.4 is 10.9 Å². The Morgan fingerprint density at radius 3 is 2.89 bits per heavy atom. The second-order valence-electron chi connectivity index (χ2n) is 8.11. The Bertz CT molecular complexity index is 934. The summed E-state index contributed by atoms with van der Waals surface area (Å²) in [6.45, 7) is 4.94. The molecule has 7 heteroatoms. The molecule has 0 aromatic carbocycles. The van der Waals surface area contributed by atoms with Crippen LogP contribution in [0, 0.1) is 5.92 Å². The van der Waals surface area contributed by atoms with E-state index in [1.165, 1.54) is 41.5 Å². The maximum atomic E-state index is 13.2. The third-order valence-corrected chi connectivity index (χ3v) is 8.19. The van der Waals surface area contributed by atoms with Gasteiger partial charge in [0.15, 0.2) is 5.16 Å². The maximum Gasteiger partial charge on any atom is 0.263 e. The minimum Gasteiger partial charge on any atom is -0.352 e. The summed E-state index contributed by atoms with van der Waals surface area (Å²) in [5, 5.41) is 4.72. The molecule has 152 valence electrons. The van der Waals surface area contributed by atoms with Crippen LogP contribution in [-0.2, 0) is 24.2 Å². The van der Waals surface area contributed by atoms with Crippen LogP contribution in [0.1, 0.15) is 62.8 Å². The van der Waals surface area contributed by atoms with Crippen molar-refractivity contribution < 1.29 is 4.79 Å². The van der Waals surface area contributed by atoms with E-state index in [-0.39, 0.29) is 17.5 Å². The highest BCUT2D eigenvalue weighted by molar-refractivity contribution is 7.99. The standard InChI is InChI=1S/C21H29N3O2S2/c1-3-11-24-20(26)18-14-8-6-10-16(14)28-19(18)23-21(24)27-12-17(25)22-15-9-5-4-7-13(15)2/h13,15H,3-12H2,1-2H3,(H,22,25)/t13-,15-/m0/s1. The third-order valence-electron chi connectivity index (χ3n) is 6.03. The van der Waals surface area contributed by atoms with E-state index in [4.69, 9.17) is 4.98 Å². The molecule has 0 unspecified atom stereocenters. The van der Waals surface area contributed by atoms with Crippen LogP contribution in [-0.4, -0.2) is 27.3 Å². The van der Waals surface area contributed by atoms with E-state index in [1.54, 1.807) is 15.9 Å². The van der Waals surface area contributed by atoms with Crippen LogP contribution >= 0.6 is 23.1 Å². The molecule has 2 heterocycles. The van der Waals surface area contributed by atoms with Gasteiger partial charge in [-0.3, -0.25) is 14.2 Å². The van der Waals surface area contributed by atoms with E-state index in [1.807, 2.05) is 0 Å². The lowest BCUT2D eigenvalue weighted by atomic mass is 9.86. The van der Waals surface area contributed by atoms with Crippen LogP contribution in [0.2, 0.25) is 0 Å². The summed E-state index contributed by atoms with van der Waals surface area (Å²) in [6.07, 6.45) is 8.79. The zero-order valence-corrected chi connectivity index (χ0v) is 18.4. The molecule has 2 atom stereocenters. The number of fused-ring (bicyclic) bond motifs is 3. The first-order valence-electron chi connectivity index (χ1n) is 10.6. The number of carbonyl (C=O) groups is 1. The number of nitrogens with zero attached hydrogens (tertiary/aromatic N) is 2. The number of thioether (sulfide) groups is 1. The lowest BCUT2D eigenvalue weighted by Crippen LogP contribution is -2.41. The molecular formula is C21H29N3O2S2. The lowest BCUT2D eigenvalue weighted by Gasteiger charge is -2.29. The monoisotopic (exact) mass is 419 g/mol. The summed E-state index contributed by atoms with van der Waals surface area (Å²) < 4.78 is 1.79. The normalized spacial score (nSPS) is 21.8. The second-order valence-corrected chi connectivity index (χ2v) is 10.1. The van der Waals surface area contributed by atoms with Crippen molar-refractivity contribution in [2.24, 2.45) is 5.92 Å². The van der Waals surface area contributed by atoms with Crippen LogP contribution in [0.3, 0.4) is 0 Å². The molecule has 28 heavy (non-hydrogen) atoms. The number of thiophene rings is 1. The fourth-order valence-electron chi connectivity index (χ4n) is 4.50. The quantitative estimate of drug-likeness (QED) is 0.564. The Labute approximate surface area is 174 Å². The predicted octanol–water partition coefficient (Wildman–Crippen LogP) is 4.14. The van der Waals surface area contributed by atoms with Gasteiger partial charge in [0.25, 0.3) is 5.56 Å². The topological polar surface area (TPSA) is 64.0 Å². The summed E-state index contributed by atoms with van der Waals surface area (Å²) in [7, 11) is 0. The van der Waals surface area contributed by atoms with Gasteiger partial charge in [0.05, 0.1) is 11.1 Å². The van der Waals surface area contributed by atoms with Crippen LogP contribution in [0.5, 0.6) is 0 Å². The second kappa shape index (κ2) is 8.57. The van der Waals surface area contributed by atoms with Gasteiger partial charge in [-0.05, 0) is 50.0 Å². The van der Waals surface area contributed by atoms with E-state index in [0.29, 0.717) is 23.4 Å². The van der Waals surface area contributed by atoms with Gasteiger partial charge in [-0.15, -0.1) is 11.3 Å². The van der Waals surface area contributed by atoms with Gasteiger partial charge >= 0.3 is 0 Å². The van der Waals surface area contributed by atoms with Gasteiger partial charge in [0.2, 0.25) is 5.91 Å². The van der Waals surface area contributed by atoms with E-state index in [9.17, 15) is 9.59 Å². The Balaban J connectivity index is 1.53. The van der Waals surface area contributed by atoms with Gasteiger partial charge in [0.1, 0.15) is 4.83 Å². The number of carbonyl (C=O) groups excluding carboxylic acids is 1. The van der Waals surface area contributed by atoms with Gasteiger partial charge in [-0.2, -0.15) is 0 Å². The van der Waals surface area contributed by atoms with Gasteiger partial charge in [-0.1, -0.05) is 38.5 Å². The minimum absolute atomic E-state index is 0.0508.